The Kier molecular flexibility index (Phi) is 4.01. The van der Waals surface area contributed by atoms with Crippen molar-refractivity contribution in [2.45, 2.75) is 4.90 Å². The highest BCUT2D eigenvalue weighted by atomic mass is 32.2. The highest BCUT2D eigenvalue weighted by molar-refractivity contribution is 7.99. The first-order valence-corrected chi connectivity index (χ1v) is 5.21. The molecule has 84 valence electrons. The Balaban J connectivity index is 3.13. The van der Waals surface area contributed by atoms with Crippen molar-refractivity contribution in [3.05, 3.63) is 51.1 Å². The van der Waals surface area contributed by atoms with Gasteiger partial charge in [-0.2, -0.15) is 0 Å². The van der Waals surface area contributed by atoms with Crippen molar-refractivity contribution in [3.63, 3.8) is 0 Å². The molecule has 0 unspecified atom stereocenters. The molecule has 0 aromatic heterocycles. The van der Waals surface area contributed by atoms with E-state index in [1.807, 2.05) is 0 Å². The number of hydrogen-bond donors (Lipinski definition) is 0. The Morgan fingerprint density at radius 2 is 2.00 bits per heavy atom. The number of nitro groups is 2. The number of nitro benzene ring substituents is 2. The van der Waals surface area contributed by atoms with Gasteiger partial charge in [-0.15, -0.1) is 18.3 Å². The fraction of sp³-hybridized carbons (Fsp3) is 0.111. The third-order valence-electron chi connectivity index (χ3n) is 1.71. The van der Waals surface area contributed by atoms with Crippen LogP contribution >= 0.6 is 11.8 Å². The topological polar surface area (TPSA) is 86.3 Å². The smallest absolute Gasteiger partial charge is 0.258 e. The minimum absolute atomic E-state index is 0.249. The molecule has 0 spiro atoms. The fourth-order valence-electron chi connectivity index (χ4n) is 1.03. The molecule has 0 aliphatic heterocycles. The van der Waals surface area contributed by atoms with E-state index in [1.54, 1.807) is 6.08 Å². The summed E-state index contributed by atoms with van der Waals surface area (Å²) in [6.45, 7) is 3.50. The largest absolute Gasteiger partial charge is 0.289 e. The van der Waals surface area contributed by atoms with Crippen molar-refractivity contribution in [2.24, 2.45) is 0 Å². The molecule has 0 saturated carbocycles. The van der Waals surface area contributed by atoms with Crippen molar-refractivity contribution in [1.82, 2.24) is 0 Å². The van der Waals surface area contributed by atoms with E-state index in [0.29, 0.717) is 10.6 Å². The number of hydrogen-bond acceptors (Lipinski definition) is 5. The van der Waals surface area contributed by atoms with E-state index in [0.717, 1.165) is 6.07 Å². The lowest BCUT2D eigenvalue weighted by atomic mass is 10.3. The van der Waals surface area contributed by atoms with Gasteiger partial charge in [0.1, 0.15) is 0 Å². The van der Waals surface area contributed by atoms with Gasteiger partial charge < -0.3 is 0 Å². The van der Waals surface area contributed by atoms with Crippen LogP contribution in [0.25, 0.3) is 0 Å². The molecule has 0 amide bonds. The molecule has 0 heterocycles. The van der Waals surface area contributed by atoms with Gasteiger partial charge in [0.2, 0.25) is 0 Å². The first kappa shape index (κ1) is 12.2. The van der Waals surface area contributed by atoms with E-state index in [1.165, 1.54) is 23.9 Å². The maximum absolute atomic E-state index is 10.7. The lowest BCUT2D eigenvalue weighted by molar-refractivity contribution is -0.396. The van der Waals surface area contributed by atoms with Crippen LogP contribution in [0.1, 0.15) is 0 Å². The Bertz CT molecular complexity index is 447. The summed E-state index contributed by atoms with van der Waals surface area (Å²) in [5.74, 6) is 0.513. The van der Waals surface area contributed by atoms with Gasteiger partial charge in [0.05, 0.1) is 20.8 Å². The van der Waals surface area contributed by atoms with Crippen LogP contribution in [0.15, 0.2) is 35.7 Å². The molecule has 16 heavy (non-hydrogen) atoms. The fourth-order valence-corrected chi connectivity index (χ4v) is 1.78. The molecule has 1 aromatic rings. The molecule has 0 aliphatic carbocycles. The number of rotatable bonds is 5. The molecular formula is C9H8N2O4S. The third kappa shape index (κ3) is 2.80. The summed E-state index contributed by atoms with van der Waals surface area (Å²) in [4.78, 5) is 20.3. The zero-order chi connectivity index (χ0) is 12.1. The van der Waals surface area contributed by atoms with E-state index in [9.17, 15) is 20.2 Å². The number of nitrogens with zero attached hydrogens (tertiary/aromatic N) is 2. The van der Waals surface area contributed by atoms with Gasteiger partial charge in [-0.25, -0.2) is 0 Å². The van der Waals surface area contributed by atoms with E-state index >= 15 is 0 Å². The molecule has 0 aliphatic rings. The van der Waals surface area contributed by atoms with E-state index in [2.05, 4.69) is 6.58 Å². The lowest BCUT2D eigenvalue weighted by Gasteiger charge is -2.00. The third-order valence-corrected chi connectivity index (χ3v) is 2.77. The summed E-state index contributed by atoms with van der Waals surface area (Å²) in [6, 6.07) is 3.59. The number of non-ortho nitro benzene ring substituents is 1. The maximum atomic E-state index is 10.7. The molecular weight excluding hydrogens is 232 g/mol. The van der Waals surface area contributed by atoms with Crippen LogP contribution in [0.2, 0.25) is 0 Å². The van der Waals surface area contributed by atoms with Gasteiger partial charge in [-0.3, -0.25) is 20.2 Å². The highest BCUT2D eigenvalue weighted by Crippen LogP contribution is 2.32. The number of thioether (sulfide) groups is 1. The van der Waals surface area contributed by atoms with Crippen molar-refractivity contribution in [2.75, 3.05) is 5.75 Å². The van der Waals surface area contributed by atoms with Crippen LogP contribution < -0.4 is 0 Å². The zero-order valence-electron chi connectivity index (χ0n) is 8.16. The molecule has 0 radical (unpaired) electrons. The van der Waals surface area contributed by atoms with Crippen LogP contribution in [0, 0.1) is 20.2 Å². The summed E-state index contributed by atoms with van der Waals surface area (Å²) in [7, 11) is 0. The molecule has 0 atom stereocenters. The maximum Gasteiger partial charge on any atom is 0.289 e. The van der Waals surface area contributed by atoms with E-state index in [-0.39, 0.29) is 11.4 Å². The summed E-state index contributed by atoms with van der Waals surface area (Å²) in [5.41, 5.74) is -0.532. The standard InChI is InChI=1S/C9H8N2O4S/c1-2-5-16-9-4-3-7(10(12)13)6-8(9)11(14)15/h2-4,6H,1,5H2. The van der Waals surface area contributed by atoms with Crippen molar-refractivity contribution < 1.29 is 9.85 Å². The van der Waals surface area contributed by atoms with Crippen LogP contribution in [-0.2, 0) is 0 Å². The Hall–Kier alpha value is -1.89. The van der Waals surface area contributed by atoms with Crippen molar-refractivity contribution in [3.8, 4) is 0 Å². The predicted octanol–water partition coefficient (Wildman–Crippen LogP) is 2.78. The minimum Gasteiger partial charge on any atom is -0.258 e. The molecule has 0 saturated heterocycles. The molecule has 0 fully saturated rings. The van der Waals surface area contributed by atoms with Crippen molar-refractivity contribution >= 4 is 23.1 Å². The van der Waals surface area contributed by atoms with E-state index in [4.69, 9.17) is 0 Å². The Morgan fingerprint density at radius 3 is 2.50 bits per heavy atom. The van der Waals surface area contributed by atoms with Gasteiger partial charge in [0.25, 0.3) is 11.4 Å². The second kappa shape index (κ2) is 5.26. The van der Waals surface area contributed by atoms with Crippen LogP contribution in [0.4, 0.5) is 11.4 Å². The molecule has 0 bridgehead atoms. The monoisotopic (exact) mass is 240 g/mol. The average Bonchev–Trinajstić information content (AvgIpc) is 2.25. The second-order valence-corrected chi connectivity index (χ2v) is 3.83. The highest BCUT2D eigenvalue weighted by Gasteiger charge is 2.18. The van der Waals surface area contributed by atoms with Crippen molar-refractivity contribution in [1.29, 1.82) is 0 Å². The summed E-state index contributed by atoms with van der Waals surface area (Å²) >= 11 is 1.21. The second-order valence-electron chi connectivity index (χ2n) is 2.77. The molecule has 6 nitrogen and oxygen atoms in total. The molecule has 0 N–H and O–H groups in total. The Morgan fingerprint density at radius 1 is 1.31 bits per heavy atom. The minimum atomic E-state index is -0.658. The van der Waals surface area contributed by atoms with E-state index < -0.39 is 9.85 Å². The first-order chi connectivity index (χ1) is 7.56. The zero-order valence-corrected chi connectivity index (χ0v) is 8.98. The lowest BCUT2D eigenvalue weighted by Crippen LogP contribution is -1.94. The summed E-state index contributed by atoms with van der Waals surface area (Å²) in [5, 5.41) is 21.2. The van der Waals surface area contributed by atoms with Crippen LogP contribution in [-0.4, -0.2) is 15.6 Å². The normalized spacial score (nSPS) is 9.75. The van der Waals surface area contributed by atoms with Gasteiger partial charge in [0.15, 0.2) is 0 Å². The molecule has 1 rings (SSSR count). The first-order valence-electron chi connectivity index (χ1n) is 4.22. The quantitative estimate of drug-likeness (QED) is 0.342. The summed E-state index contributed by atoms with van der Waals surface area (Å²) in [6.07, 6.45) is 1.61. The average molecular weight is 240 g/mol. The molecule has 7 heteroatoms. The van der Waals surface area contributed by atoms with Gasteiger partial charge >= 0.3 is 0 Å². The predicted molar refractivity (Wildman–Crippen MR) is 60.7 cm³/mol. The van der Waals surface area contributed by atoms with Crippen LogP contribution in [0.3, 0.4) is 0 Å². The van der Waals surface area contributed by atoms with Gasteiger partial charge in [-0.1, -0.05) is 6.08 Å². The SMILES string of the molecule is C=CCSc1ccc([N+](=O)[O-])cc1[N+](=O)[O-]. The van der Waals surface area contributed by atoms with Gasteiger partial charge in [0, 0.05) is 11.8 Å². The Labute approximate surface area is 95.3 Å². The van der Waals surface area contributed by atoms with Crippen LogP contribution in [0.5, 0.6) is 0 Å². The molecule has 1 aromatic carbocycles. The summed E-state index contributed by atoms with van der Waals surface area (Å²) < 4.78 is 0. The number of benzene rings is 1. The van der Waals surface area contributed by atoms with Gasteiger partial charge in [-0.05, 0) is 6.07 Å².